The zero-order valence-electron chi connectivity index (χ0n) is 9.29. The van der Waals surface area contributed by atoms with Gasteiger partial charge in [-0.15, -0.1) is 0 Å². The van der Waals surface area contributed by atoms with E-state index in [4.69, 9.17) is 9.84 Å². The smallest absolute Gasteiger partial charge is 0.126 e. The Hall–Kier alpha value is -0.970. The highest BCUT2D eigenvalue weighted by Gasteiger charge is 1.99. The van der Waals surface area contributed by atoms with E-state index < -0.39 is 0 Å². The Balaban J connectivity index is 2.05. The summed E-state index contributed by atoms with van der Waals surface area (Å²) in [6, 6.07) is 6.79. The van der Waals surface area contributed by atoms with Crippen LogP contribution in [0.5, 0.6) is 0 Å². The third kappa shape index (κ3) is 5.21. The quantitative estimate of drug-likeness (QED) is 0.650. The number of benzene rings is 1. The number of hydrogen-bond donors (Lipinski definition) is 2. The second-order valence-corrected chi connectivity index (χ2v) is 3.43. The largest absolute Gasteiger partial charge is 0.394 e. The molecule has 0 aromatic heterocycles. The number of hydrogen-bond acceptors (Lipinski definition) is 3. The zero-order valence-corrected chi connectivity index (χ0v) is 9.29. The molecule has 16 heavy (non-hydrogen) atoms. The van der Waals surface area contributed by atoms with E-state index in [2.05, 4.69) is 5.32 Å². The fraction of sp³-hybridized carbons (Fsp3) is 0.500. The molecule has 0 fully saturated rings. The van der Waals surface area contributed by atoms with Crippen molar-refractivity contribution in [3.05, 3.63) is 35.6 Å². The summed E-state index contributed by atoms with van der Waals surface area (Å²) in [5.74, 6) is -0.152. The van der Waals surface area contributed by atoms with Gasteiger partial charge in [0, 0.05) is 6.54 Å². The molecule has 0 heterocycles. The van der Waals surface area contributed by atoms with E-state index in [1.165, 1.54) is 6.07 Å². The van der Waals surface area contributed by atoms with Crippen LogP contribution in [0.3, 0.4) is 0 Å². The van der Waals surface area contributed by atoms with Gasteiger partial charge in [-0.2, -0.15) is 0 Å². The summed E-state index contributed by atoms with van der Waals surface area (Å²) in [5.41, 5.74) is 0.728. The maximum Gasteiger partial charge on any atom is 0.126 e. The van der Waals surface area contributed by atoms with Crippen LogP contribution in [0.2, 0.25) is 0 Å². The fourth-order valence-corrected chi connectivity index (χ4v) is 1.36. The molecule has 1 rings (SSSR count). The summed E-state index contributed by atoms with van der Waals surface area (Å²) in [5, 5.41) is 11.6. The van der Waals surface area contributed by atoms with Crippen molar-refractivity contribution in [1.82, 2.24) is 5.32 Å². The first kappa shape index (κ1) is 13.1. The first-order chi connectivity index (χ1) is 7.84. The number of halogens is 1. The van der Waals surface area contributed by atoms with Gasteiger partial charge in [-0.1, -0.05) is 18.2 Å². The minimum atomic E-state index is -0.152. The van der Waals surface area contributed by atoms with Crippen LogP contribution in [-0.2, 0) is 11.2 Å². The van der Waals surface area contributed by atoms with E-state index in [0.29, 0.717) is 26.2 Å². The highest BCUT2D eigenvalue weighted by Crippen LogP contribution is 2.05. The van der Waals surface area contributed by atoms with Crippen LogP contribution in [0, 0.1) is 5.82 Å². The maximum atomic E-state index is 13.2. The summed E-state index contributed by atoms with van der Waals surface area (Å²) in [4.78, 5) is 0. The lowest BCUT2D eigenvalue weighted by atomic mass is 10.1. The summed E-state index contributed by atoms with van der Waals surface area (Å²) in [6.45, 7) is 2.43. The summed E-state index contributed by atoms with van der Waals surface area (Å²) in [6.07, 6.45) is 0.673. The first-order valence-corrected chi connectivity index (χ1v) is 5.47. The normalized spacial score (nSPS) is 10.6. The van der Waals surface area contributed by atoms with E-state index in [1.54, 1.807) is 12.1 Å². The van der Waals surface area contributed by atoms with Gasteiger partial charge in [0.1, 0.15) is 5.82 Å². The van der Waals surface area contributed by atoms with Crippen molar-refractivity contribution in [2.45, 2.75) is 6.42 Å². The van der Waals surface area contributed by atoms with E-state index in [0.717, 1.165) is 12.1 Å². The number of aliphatic hydroxyl groups is 1. The Labute approximate surface area is 95.2 Å². The van der Waals surface area contributed by atoms with Crippen LogP contribution in [0.4, 0.5) is 4.39 Å². The van der Waals surface area contributed by atoms with Crippen LogP contribution < -0.4 is 5.32 Å². The van der Waals surface area contributed by atoms with Crippen molar-refractivity contribution in [1.29, 1.82) is 0 Å². The van der Waals surface area contributed by atoms with Gasteiger partial charge in [0.2, 0.25) is 0 Å². The molecular weight excluding hydrogens is 209 g/mol. The molecule has 0 radical (unpaired) electrons. The molecule has 0 atom stereocenters. The van der Waals surface area contributed by atoms with Gasteiger partial charge in [0.05, 0.1) is 19.8 Å². The van der Waals surface area contributed by atoms with E-state index in [-0.39, 0.29) is 12.4 Å². The Morgan fingerprint density at radius 3 is 2.75 bits per heavy atom. The number of nitrogens with one attached hydrogen (secondary N) is 1. The molecule has 0 aliphatic carbocycles. The first-order valence-electron chi connectivity index (χ1n) is 5.47. The maximum absolute atomic E-state index is 13.2. The average Bonchev–Trinajstić information content (AvgIpc) is 2.30. The van der Waals surface area contributed by atoms with E-state index >= 15 is 0 Å². The van der Waals surface area contributed by atoms with Gasteiger partial charge >= 0.3 is 0 Å². The summed E-state index contributed by atoms with van der Waals surface area (Å²) >= 11 is 0. The van der Waals surface area contributed by atoms with Gasteiger partial charge in [-0.05, 0) is 24.6 Å². The molecule has 0 aliphatic heterocycles. The average molecular weight is 227 g/mol. The second kappa shape index (κ2) is 8.21. The van der Waals surface area contributed by atoms with Crippen LogP contribution >= 0.6 is 0 Å². The predicted molar refractivity (Wildman–Crippen MR) is 60.9 cm³/mol. The minimum absolute atomic E-state index is 0.0508. The fourth-order valence-electron chi connectivity index (χ4n) is 1.36. The van der Waals surface area contributed by atoms with E-state index in [9.17, 15) is 4.39 Å². The Bertz CT molecular complexity index is 294. The van der Waals surface area contributed by atoms with E-state index in [1.807, 2.05) is 6.07 Å². The minimum Gasteiger partial charge on any atom is -0.394 e. The van der Waals surface area contributed by atoms with Crippen molar-refractivity contribution in [3.63, 3.8) is 0 Å². The molecule has 4 heteroatoms. The van der Waals surface area contributed by atoms with Gasteiger partial charge in [0.25, 0.3) is 0 Å². The third-order valence-corrected chi connectivity index (χ3v) is 2.19. The molecule has 0 aliphatic rings. The summed E-state index contributed by atoms with van der Waals surface area (Å²) in [7, 11) is 0. The molecule has 1 aromatic rings. The van der Waals surface area contributed by atoms with Gasteiger partial charge < -0.3 is 15.2 Å². The number of aliphatic hydroxyl groups excluding tert-OH is 1. The van der Waals surface area contributed by atoms with Crippen LogP contribution in [-0.4, -0.2) is 38.0 Å². The van der Waals surface area contributed by atoms with Crippen molar-refractivity contribution in [3.8, 4) is 0 Å². The molecular formula is C12H18FNO2. The molecule has 0 saturated heterocycles. The molecule has 0 spiro atoms. The third-order valence-electron chi connectivity index (χ3n) is 2.19. The van der Waals surface area contributed by atoms with Gasteiger partial charge in [-0.25, -0.2) is 4.39 Å². The van der Waals surface area contributed by atoms with Gasteiger partial charge in [0.15, 0.2) is 0 Å². The Kier molecular flexibility index (Phi) is 6.72. The number of ether oxygens (including phenoxy) is 1. The molecule has 0 amide bonds. The second-order valence-electron chi connectivity index (χ2n) is 3.43. The molecule has 0 saturated carbocycles. The zero-order chi connectivity index (χ0) is 11.6. The predicted octanol–water partition coefficient (Wildman–Crippen LogP) is 0.967. The van der Waals surface area contributed by atoms with Crippen molar-refractivity contribution < 1.29 is 14.2 Å². The SMILES string of the molecule is OCCOCCNCCc1ccccc1F. The lowest BCUT2D eigenvalue weighted by Gasteiger charge is -2.06. The monoisotopic (exact) mass is 227 g/mol. The van der Waals surface area contributed by atoms with Crippen molar-refractivity contribution in [2.24, 2.45) is 0 Å². The highest BCUT2D eigenvalue weighted by molar-refractivity contribution is 5.17. The highest BCUT2D eigenvalue weighted by atomic mass is 19.1. The molecule has 90 valence electrons. The van der Waals surface area contributed by atoms with Crippen molar-refractivity contribution in [2.75, 3.05) is 32.9 Å². The van der Waals surface area contributed by atoms with Crippen LogP contribution in [0.15, 0.2) is 24.3 Å². The number of rotatable bonds is 8. The molecule has 0 bridgehead atoms. The Morgan fingerprint density at radius 2 is 2.00 bits per heavy atom. The molecule has 3 nitrogen and oxygen atoms in total. The van der Waals surface area contributed by atoms with Gasteiger partial charge in [-0.3, -0.25) is 0 Å². The van der Waals surface area contributed by atoms with Crippen molar-refractivity contribution >= 4 is 0 Å². The molecule has 0 unspecified atom stereocenters. The Morgan fingerprint density at radius 1 is 1.19 bits per heavy atom. The summed E-state index contributed by atoms with van der Waals surface area (Å²) < 4.78 is 18.3. The van der Waals surface area contributed by atoms with Crippen LogP contribution in [0.25, 0.3) is 0 Å². The molecule has 1 aromatic carbocycles. The molecule has 2 N–H and O–H groups in total. The topological polar surface area (TPSA) is 41.5 Å². The van der Waals surface area contributed by atoms with Crippen LogP contribution in [0.1, 0.15) is 5.56 Å². The lowest BCUT2D eigenvalue weighted by Crippen LogP contribution is -2.23. The standard InChI is InChI=1S/C12H18FNO2/c13-12-4-2-1-3-11(12)5-6-14-7-9-16-10-8-15/h1-4,14-15H,5-10H2. The lowest BCUT2D eigenvalue weighted by molar-refractivity contribution is 0.0940.